The Morgan fingerprint density at radius 1 is 1.23 bits per heavy atom. The lowest BCUT2D eigenvalue weighted by Gasteiger charge is -2.03. The Hall–Kier alpha value is -2.47. The van der Waals surface area contributed by atoms with Crippen LogP contribution in [0, 0.1) is 0 Å². The first-order valence-electron chi connectivity index (χ1n) is 7.43. The lowest BCUT2D eigenvalue weighted by atomic mass is 10.2. The van der Waals surface area contributed by atoms with Gasteiger partial charge in [-0.1, -0.05) is 35.5 Å². The molecule has 1 aliphatic rings. The van der Waals surface area contributed by atoms with Gasteiger partial charge in [0.2, 0.25) is 0 Å². The Labute approximate surface area is 127 Å². The van der Waals surface area contributed by atoms with Gasteiger partial charge in [0, 0.05) is 18.6 Å². The standard InChI is InChI=1S/C16H16N4O2/c1-2-5-11(6-3-1)15-17-10-13(18-15)16-19-14(20-22-16)9-12-7-4-8-21-12/h1-3,5-6,10,12H,4,7-9H2,(H,17,18). The molecule has 0 bridgehead atoms. The van der Waals surface area contributed by atoms with Crippen molar-refractivity contribution in [3.63, 3.8) is 0 Å². The van der Waals surface area contributed by atoms with Crippen molar-refractivity contribution >= 4 is 0 Å². The predicted molar refractivity (Wildman–Crippen MR) is 80.0 cm³/mol. The molecule has 1 saturated heterocycles. The second kappa shape index (κ2) is 5.73. The van der Waals surface area contributed by atoms with Crippen molar-refractivity contribution in [3.05, 3.63) is 42.4 Å². The van der Waals surface area contributed by atoms with Crippen LogP contribution in [-0.2, 0) is 11.2 Å². The molecule has 4 rings (SSSR count). The highest BCUT2D eigenvalue weighted by molar-refractivity contribution is 5.59. The first-order valence-corrected chi connectivity index (χ1v) is 7.43. The van der Waals surface area contributed by atoms with Gasteiger partial charge in [-0.15, -0.1) is 0 Å². The van der Waals surface area contributed by atoms with Crippen LogP contribution in [0.5, 0.6) is 0 Å². The quantitative estimate of drug-likeness (QED) is 0.801. The van der Waals surface area contributed by atoms with Crippen LogP contribution in [0.3, 0.4) is 0 Å². The van der Waals surface area contributed by atoms with Gasteiger partial charge in [0.25, 0.3) is 5.89 Å². The molecule has 1 fully saturated rings. The van der Waals surface area contributed by atoms with E-state index in [1.807, 2.05) is 30.3 Å². The molecule has 0 saturated carbocycles. The van der Waals surface area contributed by atoms with Crippen molar-refractivity contribution in [3.8, 4) is 23.0 Å². The minimum absolute atomic E-state index is 0.215. The molecule has 1 aliphatic heterocycles. The van der Waals surface area contributed by atoms with Crippen molar-refractivity contribution in [2.45, 2.75) is 25.4 Å². The molecule has 6 heteroatoms. The highest BCUT2D eigenvalue weighted by atomic mass is 16.5. The first-order chi connectivity index (χ1) is 10.9. The number of hydrogen-bond donors (Lipinski definition) is 1. The fourth-order valence-corrected chi connectivity index (χ4v) is 2.63. The van der Waals surface area contributed by atoms with Gasteiger partial charge in [-0.3, -0.25) is 0 Å². The molecule has 0 spiro atoms. The number of imidazole rings is 1. The van der Waals surface area contributed by atoms with E-state index in [-0.39, 0.29) is 6.10 Å². The molecule has 1 unspecified atom stereocenters. The van der Waals surface area contributed by atoms with Crippen LogP contribution < -0.4 is 0 Å². The van der Waals surface area contributed by atoms with E-state index in [1.54, 1.807) is 6.20 Å². The van der Waals surface area contributed by atoms with Gasteiger partial charge in [0.15, 0.2) is 5.82 Å². The topological polar surface area (TPSA) is 76.8 Å². The summed E-state index contributed by atoms with van der Waals surface area (Å²) >= 11 is 0. The third-order valence-corrected chi connectivity index (χ3v) is 3.76. The van der Waals surface area contributed by atoms with Crippen LogP contribution in [0.4, 0.5) is 0 Å². The summed E-state index contributed by atoms with van der Waals surface area (Å²) in [6.45, 7) is 0.830. The molecule has 0 amide bonds. The lowest BCUT2D eigenvalue weighted by molar-refractivity contribution is 0.109. The van der Waals surface area contributed by atoms with E-state index in [0.717, 1.165) is 36.5 Å². The fourth-order valence-electron chi connectivity index (χ4n) is 2.63. The number of nitrogens with one attached hydrogen (secondary N) is 1. The van der Waals surface area contributed by atoms with Gasteiger partial charge in [0.05, 0.1) is 12.3 Å². The maximum absolute atomic E-state index is 5.59. The van der Waals surface area contributed by atoms with E-state index in [1.165, 1.54) is 0 Å². The second-order valence-electron chi connectivity index (χ2n) is 5.37. The summed E-state index contributed by atoms with van der Waals surface area (Å²) in [6, 6.07) is 9.93. The zero-order valence-corrected chi connectivity index (χ0v) is 12.0. The molecule has 1 atom stereocenters. The maximum Gasteiger partial charge on any atom is 0.275 e. The summed E-state index contributed by atoms with van der Waals surface area (Å²) in [5.41, 5.74) is 1.75. The molecule has 1 aromatic carbocycles. The predicted octanol–water partition coefficient (Wildman–Crippen LogP) is 2.85. The van der Waals surface area contributed by atoms with Gasteiger partial charge in [-0.25, -0.2) is 4.98 Å². The number of rotatable bonds is 4. The molecular formula is C16H16N4O2. The van der Waals surface area contributed by atoms with Gasteiger partial charge in [0.1, 0.15) is 11.5 Å². The van der Waals surface area contributed by atoms with Crippen molar-refractivity contribution in [1.82, 2.24) is 20.1 Å². The third-order valence-electron chi connectivity index (χ3n) is 3.76. The van der Waals surface area contributed by atoms with Gasteiger partial charge >= 0.3 is 0 Å². The average molecular weight is 296 g/mol. The van der Waals surface area contributed by atoms with Crippen LogP contribution in [0.25, 0.3) is 23.0 Å². The van der Waals surface area contributed by atoms with Crippen LogP contribution >= 0.6 is 0 Å². The highest BCUT2D eigenvalue weighted by Crippen LogP contribution is 2.22. The van der Waals surface area contributed by atoms with Crippen molar-refractivity contribution in [1.29, 1.82) is 0 Å². The molecule has 0 aliphatic carbocycles. The van der Waals surface area contributed by atoms with E-state index in [4.69, 9.17) is 9.26 Å². The molecule has 3 aromatic rings. The number of hydrogen-bond acceptors (Lipinski definition) is 5. The molecule has 112 valence electrons. The van der Waals surface area contributed by atoms with E-state index in [2.05, 4.69) is 20.1 Å². The Kier molecular flexibility index (Phi) is 3.44. The number of H-pyrrole nitrogens is 1. The van der Waals surface area contributed by atoms with Gasteiger partial charge < -0.3 is 14.2 Å². The molecule has 22 heavy (non-hydrogen) atoms. The summed E-state index contributed by atoms with van der Waals surface area (Å²) < 4.78 is 10.9. The zero-order valence-electron chi connectivity index (χ0n) is 12.0. The van der Waals surface area contributed by atoms with Crippen LogP contribution in [-0.4, -0.2) is 32.8 Å². The number of nitrogens with zero attached hydrogens (tertiary/aromatic N) is 3. The minimum Gasteiger partial charge on any atom is -0.378 e. The van der Waals surface area contributed by atoms with Crippen LogP contribution in [0.15, 0.2) is 41.1 Å². The number of aromatic amines is 1. The molecule has 0 radical (unpaired) electrons. The van der Waals surface area contributed by atoms with Crippen LogP contribution in [0.1, 0.15) is 18.7 Å². The Balaban J connectivity index is 1.53. The largest absolute Gasteiger partial charge is 0.378 e. The van der Waals surface area contributed by atoms with Crippen molar-refractivity contribution in [2.75, 3.05) is 6.61 Å². The summed E-state index contributed by atoms with van der Waals surface area (Å²) in [6.07, 6.45) is 4.80. The maximum atomic E-state index is 5.59. The van der Waals surface area contributed by atoms with E-state index in [9.17, 15) is 0 Å². The van der Waals surface area contributed by atoms with E-state index >= 15 is 0 Å². The molecule has 6 nitrogen and oxygen atoms in total. The minimum atomic E-state index is 0.215. The Morgan fingerprint density at radius 2 is 2.14 bits per heavy atom. The average Bonchev–Trinajstić information content (AvgIpc) is 3.30. The zero-order chi connectivity index (χ0) is 14.8. The molecular weight excluding hydrogens is 280 g/mol. The fraction of sp³-hybridized carbons (Fsp3) is 0.312. The number of benzene rings is 1. The first kappa shape index (κ1) is 13.2. The molecule has 1 N–H and O–H groups in total. The number of aromatic nitrogens is 4. The van der Waals surface area contributed by atoms with Gasteiger partial charge in [-0.05, 0) is 12.8 Å². The monoisotopic (exact) mass is 296 g/mol. The Morgan fingerprint density at radius 3 is 2.95 bits per heavy atom. The smallest absolute Gasteiger partial charge is 0.275 e. The molecule has 2 aromatic heterocycles. The summed E-state index contributed by atoms with van der Waals surface area (Å²) in [5.74, 6) is 1.93. The van der Waals surface area contributed by atoms with E-state index < -0.39 is 0 Å². The van der Waals surface area contributed by atoms with Crippen LogP contribution in [0.2, 0.25) is 0 Å². The summed E-state index contributed by atoms with van der Waals surface area (Å²) in [5, 5.41) is 4.02. The molecule has 3 heterocycles. The summed E-state index contributed by atoms with van der Waals surface area (Å²) in [7, 11) is 0. The van der Waals surface area contributed by atoms with Gasteiger partial charge in [-0.2, -0.15) is 4.98 Å². The normalized spacial score (nSPS) is 17.9. The number of ether oxygens (including phenoxy) is 1. The lowest BCUT2D eigenvalue weighted by Crippen LogP contribution is -2.09. The summed E-state index contributed by atoms with van der Waals surface area (Å²) in [4.78, 5) is 12.0. The van der Waals surface area contributed by atoms with E-state index in [0.29, 0.717) is 18.1 Å². The highest BCUT2D eigenvalue weighted by Gasteiger charge is 2.20. The van der Waals surface area contributed by atoms with Crippen molar-refractivity contribution < 1.29 is 9.26 Å². The SMILES string of the molecule is c1ccc(-c2ncc(-c3nc(CC4CCCO4)no3)[nH]2)cc1. The van der Waals surface area contributed by atoms with Crippen molar-refractivity contribution in [2.24, 2.45) is 0 Å². The third kappa shape index (κ3) is 2.65. The Bertz CT molecular complexity index is 744. The second-order valence-corrected chi connectivity index (χ2v) is 5.37.